The molecule has 9 nitrogen and oxygen atoms in total. The molecule has 0 saturated carbocycles. The van der Waals surface area contributed by atoms with Crippen LogP contribution in [0.15, 0.2) is 41.2 Å². The zero-order valence-electron chi connectivity index (χ0n) is 15.8. The minimum Gasteiger partial charge on any atom is -0.442 e. The summed E-state index contributed by atoms with van der Waals surface area (Å²) in [5, 5.41) is 6.26. The van der Waals surface area contributed by atoms with Crippen LogP contribution in [0.2, 0.25) is 0 Å². The first kappa shape index (κ1) is 19.6. The summed E-state index contributed by atoms with van der Waals surface area (Å²) in [4.78, 5) is 28.3. The molecule has 0 bridgehead atoms. The van der Waals surface area contributed by atoms with Crippen molar-refractivity contribution in [2.24, 2.45) is 0 Å². The van der Waals surface area contributed by atoms with Gasteiger partial charge in [-0.1, -0.05) is 5.16 Å². The summed E-state index contributed by atoms with van der Waals surface area (Å²) in [7, 11) is 0. The molecule has 0 unspecified atom stereocenters. The molecule has 1 atom stereocenters. The van der Waals surface area contributed by atoms with Gasteiger partial charge in [0.2, 0.25) is 11.7 Å². The number of benzene rings is 1. The van der Waals surface area contributed by atoms with E-state index >= 15 is 0 Å². The smallest absolute Gasteiger partial charge is 0.414 e. The van der Waals surface area contributed by atoms with Gasteiger partial charge in [0.15, 0.2) is 6.67 Å². The van der Waals surface area contributed by atoms with Crippen molar-refractivity contribution in [1.82, 2.24) is 20.0 Å². The highest BCUT2D eigenvalue weighted by atomic mass is 19.1. The molecule has 1 aliphatic heterocycles. The second-order valence-corrected chi connectivity index (χ2v) is 6.64. The van der Waals surface area contributed by atoms with E-state index in [9.17, 15) is 18.4 Å². The number of ether oxygens (including phenoxy) is 1. The molecule has 1 N–H and O–H groups in total. The van der Waals surface area contributed by atoms with Gasteiger partial charge in [0.05, 0.1) is 24.5 Å². The number of amides is 2. The molecular formula is C19H17F2N5O4. The molecule has 0 aliphatic carbocycles. The lowest BCUT2D eigenvalue weighted by Gasteiger charge is -2.14. The number of carbonyl (C=O) groups excluding carboxylic acids is 2. The molecule has 0 spiro atoms. The molecule has 2 aromatic heterocycles. The van der Waals surface area contributed by atoms with E-state index in [1.165, 1.54) is 28.5 Å². The van der Waals surface area contributed by atoms with Crippen LogP contribution in [0.25, 0.3) is 17.1 Å². The lowest BCUT2D eigenvalue weighted by molar-refractivity contribution is -0.119. The van der Waals surface area contributed by atoms with Crippen molar-refractivity contribution < 1.29 is 27.6 Å². The van der Waals surface area contributed by atoms with E-state index < -0.39 is 24.7 Å². The van der Waals surface area contributed by atoms with Gasteiger partial charge in [-0.25, -0.2) is 13.6 Å². The zero-order chi connectivity index (χ0) is 21.3. The average molecular weight is 417 g/mol. The van der Waals surface area contributed by atoms with E-state index in [-0.39, 0.29) is 36.4 Å². The maximum atomic E-state index is 14.8. The molecule has 1 aromatic carbocycles. The van der Waals surface area contributed by atoms with Crippen molar-refractivity contribution in [2.45, 2.75) is 19.7 Å². The minimum atomic E-state index is -0.867. The molecule has 156 valence electrons. The number of hydrogen-bond acceptors (Lipinski definition) is 6. The summed E-state index contributed by atoms with van der Waals surface area (Å²) in [6, 6.07) is 5.99. The van der Waals surface area contributed by atoms with Crippen molar-refractivity contribution in [2.75, 3.05) is 18.0 Å². The summed E-state index contributed by atoms with van der Waals surface area (Å²) in [5.74, 6) is -0.732. The second kappa shape index (κ2) is 7.93. The molecule has 3 aromatic rings. The third-order valence-corrected chi connectivity index (χ3v) is 4.51. The van der Waals surface area contributed by atoms with Crippen LogP contribution in [0.1, 0.15) is 12.8 Å². The Labute approximate surface area is 169 Å². The molecule has 1 aliphatic rings. The van der Waals surface area contributed by atoms with Crippen LogP contribution in [0.5, 0.6) is 0 Å². The highest BCUT2D eigenvalue weighted by Gasteiger charge is 2.32. The lowest BCUT2D eigenvalue weighted by atomic mass is 10.2. The van der Waals surface area contributed by atoms with E-state index in [0.717, 1.165) is 0 Å². The maximum Gasteiger partial charge on any atom is 0.414 e. The lowest BCUT2D eigenvalue weighted by Crippen LogP contribution is -2.33. The van der Waals surface area contributed by atoms with Gasteiger partial charge in [0.25, 0.3) is 5.89 Å². The third kappa shape index (κ3) is 3.86. The van der Waals surface area contributed by atoms with Gasteiger partial charge >= 0.3 is 6.09 Å². The zero-order valence-corrected chi connectivity index (χ0v) is 15.8. The fourth-order valence-electron chi connectivity index (χ4n) is 3.07. The predicted molar refractivity (Wildman–Crippen MR) is 100 cm³/mol. The van der Waals surface area contributed by atoms with E-state index in [2.05, 4.69) is 15.5 Å². The fourth-order valence-corrected chi connectivity index (χ4v) is 3.07. The number of cyclic esters (lactones) is 1. The fraction of sp³-hybridized carbons (Fsp3) is 0.263. The normalized spacial score (nSPS) is 16.0. The van der Waals surface area contributed by atoms with Gasteiger partial charge in [-0.3, -0.25) is 9.69 Å². The van der Waals surface area contributed by atoms with Gasteiger partial charge in [0, 0.05) is 24.9 Å². The molecular weight excluding hydrogens is 400 g/mol. The molecule has 4 rings (SSSR count). The SMILES string of the molecule is CC(=O)NC[C@H]1CN(c2ccc(-n3ccc(-c4noc(CF)n4)c3)c(F)c2)C(=O)O1. The quantitative estimate of drug-likeness (QED) is 0.662. The van der Waals surface area contributed by atoms with Gasteiger partial charge in [-0.05, 0) is 24.3 Å². The van der Waals surface area contributed by atoms with Crippen molar-refractivity contribution in [1.29, 1.82) is 0 Å². The summed E-state index contributed by atoms with van der Waals surface area (Å²) in [5.41, 5.74) is 1.11. The van der Waals surface area contributed by atoms with Crippen molar-refractivity contribution in [3.63, 3.8) is 0 Å². The van der Waals surface area contributed by atoms with Crippen LogP contribution in [0, 0.1) is 5.82 Å². The summed E-state index contributed by atoms with van der Waals surface area (Å²) >= 11 is 0. The van der Waals surface area contributed by atoms with Crippen molar-refractivity contribution >= 4 is 17.7 Å². The Hall–Kier alpha value is -3.76. The first-order chi connectivity index (χ1) is 14.4. The Bertz CT molecular complexity index is 1100. The van der Waals surface area contributed by atoms with Gasteiger partial charge in [-0.15, -0.1) is 0 Å². The van der Waals surface area contributed by atoms with Crippen molar-refractivity contribution in [3.05, 3.63) is 48.4 Å². The predicted octanol–water partition coefficient (Wildman–Crippen LogP) is 2.60. The molecule has 11 heteroatoms. The number of carbonyl (C=O) groups is 2. The Balaban J connectivity index is 1.51. The number of alkyl halides is 1. The molecule has 30 heavy (non-hydrogen) atoms. The Morgan fingerprint density at radius 1 is 1.37 bits per heavy atom. The summed E-state index contributed by atoms with van der Waals surface area (Å²) < 4.78 is 38.8. The monoisotopic (exact) mass is 417 g/mol. The minimum absolute atomic E-state index is 0.136. The maximum absolute atomic E-state index is 14.8. The molecule has 1 fully saturated rings. The van der Waals surface area contributed by atoms with E-state index in [0.29, 0.717) is 11.3 Å². The number of aromatic nitrogens is 3. The van der Waals surface area contributed by atoms with E-state index in [4.69, 9.17) is 9.26 Å². The number of nitrogens with zero attached hydrogens (tertiary/aromatic N) is 4. The summed E-state index contributed by atoms with van der Waals surface area (Å²) in [6.07, 6.45) is 2.06. The number of hydrogen-bond donors (Lipinski definition) is 1. The molecule has 1 saturated heterocycles. The average Bonchev–Trinajstić information content (AvgIpc) is 3.45. The van der Waals surface area contributed by atoms with E-state index in [1.807, 2.05) is 0 Å². The van der Waals surface area contributed by atoms with Crippen LogP contribution < -0.4 is 10.2 Å². The van der Waals surface area contributed by atoms with Gasteiger partial charge < -0.3 is 19.1 Å². The first-order valence-electron chi connectivity index (χ1n) is 9.04. The number of nitrogens with one attached hydrogen (secondary N) is 1. The third-order valence-electron chi connectivity index (χ3n) is 4.51. The second-order valence-electron chi connectivity index (χ2n) is 6.64. The van der Waals surface area contributed by atoms with Crippen LogP contribution >= 0.6 is 0 Å². The van der Waals surface area contributed by atoms with Crippen LogP contribution in [-0.2, 0) is 16.2 Å². The highest BCUT2D eigenvalue weighted by molar-refractivity contribution is 5.90. The van der Waals surface area contributed by atoms with Gasteiger partial charge in [0.1, 0.15) is 11.9 Å². The molecule has 3 heterocycles. The van der Waals surface area contributed by atoms with Crippen LogP contribution in [0.3, 0.4) is 0 Å². The number of halogens is 2. The Morgan fingerprint density at radius 2 is 2.20 bits per heavy atom. The molecule has 0 radical (unpaired) electrons. The standard InChI is InChI=1S/C19H17F2N5O4/c1-11(27)22-8-14-10-26(19(28)29-14)13-2-3-16(15(21)6-13)25-5-4-12(9-25)18-23-17(7-20)30-24-18/h2-6,9,14H,7-8,10H2,1H3,(H,22,27)/t14-/m0/s1. The van der Waals surface area contributed by atoms with Crippen LogP contribution in [-0.4, -0.2) is 45.9 Å². The van der Waals surface area contributed by atoms with Crippen LogP contribution in [0.4, 0.5) is 19.3 Å². The Morgan fingerprint density at radius 3 is 2.90 bits per heavy atom. The number of rotatable bonds is 6. The molecule has 2 amide bonds. The van der Waals surface area contributed by atoms with Crippen molar-refractivity contribution in [3.8, 4) is 17.1 Å². The van der Waals surface area contributed by atoms with E-state index in [1.54, 1.807) is 24.5 Å². The Kier molecular flexibility index (Phi) is 5.17. The van der Waals surface area contributed by atoms with Gasteiger partial charge in [-0.2, -0.15) is 4.98 Å². The summed E-state index contributed by atoms with van der Waals surface area (Å²) in [6.45, 7) is 0.882. The first-order valence-corrected chi connectivity index (χ1v) is 9.04. The topological polar surface area (TPSA) is 102 Å². The number of anilines is 1. The largest absolute Gasteiger partial charge is 0.442 e. The highest BCUT2D eigenvalue weighted by Crippen LogP contribution is 2.27.